The molecule has 7 heteroatoms. The van der Waals surface area contributed by atoms with Gasteiger partial charge < -0.3 is 0 Å². The van der Waals surface area contributed by atoms with Crippen LogP contribution < -0.4 is 0 Å². The molecule has 0 amide bonds. The van der Waals surface area contributed by atoms with Crippen molar-refractivity contribution in [2.45, 2.75) is 13.8 Å². The molecule has 0 nitrogen and oxygen atoms in total. The fraction of sp³-hybridized carbons (Fsp3) is 0.143. The quantitative estimate of drug-likeness (QED) is 0.459. The lowest BCUT2D eigenvalue weighted by Crippen LogP contribution is -1.74. The van der Waals surface area contributed by atoms with Crippen molar-refractivity contribution in [2.75, 3.05) is 0 Å². The molecule has 0 unspecified atom stereocenters. The highest BCUT2D eigenvalue weighted by Gasteiger charge is 2.25. The highest BCUT2D eigenvalue weighted by molar-refractivity contribution is 8.34. The summed E-state index contributed by atoms with van der Waals surface area (Å²) in [6.45, 7) is 4.26. The minimum Gasteiger partial charge on any atom is -0.101 e. The van der Waals surface area contributed by atoms with Gasteiger partial charge in [0.2, 0.25) is 0 Å². The fourth-order valence-corrected chi connectivity index (χ4v) is 9.22. The SMILES string of the molecule is C/C=C\S/C(C)=C1\SC=C(C2=CSC(=C3SC=CS3)S2)S1. The molecule has 0 fully saturated rings. The molecule has 0 spiro atoms. The van der Waals surface area contributed by atoms with E-state index in [-0.39, 0.29) is 0 Å². The van der Waals surface area contributed by atoms with E-state index < -0.39 is 0 Å². The summed E-state index contributed by atoms with van der Waals surface area (Å²) < 4.78 is 4.25. The highest BCUT2D eigenvalue weighted by atomic mass is 32.2. The Morgan fingerprint density at radius 3 is 2.43 bits per heavy atom. The van der Waals surface area contributed by atoms with E-state index in [9.17, 15) is 0 Å². The van der Waals surface area contributed by atoms with Crippen molar-refractivity contribution in [1.29, 1.82) is 0 Å². The average Bonchev–Trinajstić information content (AvgIpc) is 3.24. The van der Waals surface area contributed by atoms with Crippen molar-refractivity contribution in [3.8, 4) is 0 Å². The summed E-state index contributed by atoms with van der Waals surface area (Å²) in [6.07, 6.45) is 2.09. The predicted molar refractivity (Wildman–Crippen MR) is 113 cm³/mol. The van der Waals surface area contributed by atoms with Crippen LogP contribution in [0.25, 0.3) is 0 Å². The molecule has 3 rings (SSSR count). The molecule has 0 bridgehead atoms. The zero-order chi connectivity index (χ0) is 14.7. The summed E-state index contributed by atoms with van der Waals surface area (Å²) in [7, 11) is 0. The van der Waals surface area contributed by atoms with Crippen LogP contribution in [0.3, 0.4) is 0 Å². The molecule has 0 saturated heterocycles. The molecule has 3 aliphatic heterocycles. The second kappa shape index (κ2) is 8.13. The van der Waals surface area contributed by atoms with E-state index in [4.69, 9.17) is 0 Å². The Balaban J connectivity index is 1.64. The van der Waals surface area contributed by atoms with Gasteiger partial charge in [-0.2, -0.15) is 0 Å². The largest absolute Gasteiger partial charge is 0.101 e. The molecule has 0 aliphatic carbocycles. The molecule has 3 aliphatic rings. The number of thioether (sulfide) groups is 7. The Labute approximate surface area is 155 Å². The van der Waals surface area contributed by atoms with Crippen LogP contribution in [0.5, 0.6) is 0 Å². The van der Waals surface area contributed by atoms with Gasteiger partial charge in [-0.1, -0.05) is 76.6 Å². The Morgan fingerprint density at radius 1 is 0.952 bits per heavy atom. The van der Waals surface area contributed by atoms with Crippen LogP contribution >= 0.6 is 82.3 Å². The van der Waals surface area contributed by atoms with Gasteiger partial charge in [0.05, 0.1) is 12.7 Å². The van der Waals surface area contributed by atoms with E-state index in [0.29, 0.717) is 0 Å². The maximum atomic E-state index is 2.29. The third-order valence-electron chi connectivity index (χ3n) is 2.43. The standard InChI is InChI=1S/C14H12S7/c1-3-4-15-9(2)12-18-7-10(20-12)11-8-19-14(21-11)13-16-5-6-17-13/h3-8H,1-2H3/b4-3-,12-9+. The summed E-state index contributed by atoms with van der Waals surface area (Å²) in [4.78, 5) is 4.17. The van der Waals surface area contributed by atoms with Gasteiger partial charge in [-0.15, -0.1) is 11.8 Å². The Kier molecular flexibility index (Phi) is 6.48. The Morgan fingerprint density at radius 2 is 1.67 bits per heavy atom. The van der Waals surface area contributed by atoms with Gasteiger partial charge >= 0.3 is 0 Å². The first-order chi connectivity index (χ1) is 10.3. The van der Waals surface area contributed by atoms with Gasteiger partial charge in [-0.3, -0.25) is 0 Å². The summed E-state index contributed by atoms with van der Waals surface area (Å²) >= 11 is 13.0. The topological polar surface area (TPSA) is 0 Å². The first-order valence-corrected chi connectivity index (χ1v) is 12.1. The molecular formula is C14H12S7. The lowest BCUT2D eigenvalue weighted by Gasteiger charge is -2.04. The monoisotopic (exact) mass is 404 g/mol. The zero-order valence-corrected chi connectivity index (χ0v) is 17.0. The van der Waals surface area contributed by atoms with Crippen LogP contribution in [0.2, 0.25) is 0 Å². The van der Waals surface area contributed by atoms with Gasteiger partial charge in [-0.05, 0) is 40.9 Å². The summed E-state index contributed by atoms with van der Waals surface area (Å²) in [5.74, 6) is 0. The van der Waals surface area contributed by atoms with Crippen molar-refractivity contribution in [2.24, 2.45) is 0 Å². The minimum atomic E-state index is 1.38. The maximum Gasteiger partial charge on any atom is 0.0700 e. The van der Waals surface area contributed by atoms with Gasteiger partial charge in [0.1, 0.15) is 0 Å². The molecule has 0 saturated carbocycles. The first-order valence-electron chi connectivity index (χ1n) is 6.09. The predicted octanol–water partition coefficient (Wildman–Crippen LogP) is 8.16. The molecule has 0 radical (unpaired) electrons. The molecule has 0 aromatic heterocycles. The van der Waals surface area contributed by atoms with Gasteiger partial charge in [0.15, 0.2) is 0 Å². The van der Waals surface area contributed by atoms with Crippen molar-refractivity contribution in [1.82, 2.24) is 0 Å². The van der Waals surface area contributed by atoms with E-state index in [1.54, 1.807) is 0 Å². The minimum absolute atomic E-state index is 1.38. The fourth-order valence-electron chi connectivity index (χ4n) is 1.49. The van der Waals surface area contributed by atoms with Crippen molar-refractivity contribution >= 4 is 82.3 Å². The highest BCUT2D eigenvalue weighted by Crippen LogP contribution is 2.59. The van der Waals surface area contributed by atoms with E-state index in [2.05, 4.69) is 47.0 Å². The molecule has 110 valence electrons. The molecule has 0 aromatic carbocycles. The second-order valence-corrected chi connectivity index (χ2v) is 11.5. The summed E-state index contributed by atoms with van der Waals surface area (Å²) in [5.41, 5.74) is 0. The van der Waals surface area contributed by atoms with E-state index >= 15 is 0 Å². The van der Waals surface area contributed by atoms with Gasteiger partial charge in [0.25, 0.3) is 0 Å². The summed E-state index contributed by atoms with van der Waals surface area (Å²) in [6, 6.07) is 0. The molecular weight excluding hydrogens is 393 g/mol. The van der Waals surface area contributed by atoms with E-state index in [0.717, 1.165) is 0 Å². The van der Waals surface area contributed by atoms with Crippen molar-refractivity contribution < 1.29 is 0 Å². The molecule has 0 aromatic rings. The van der Waals surface area contributed by atoms with Crippen LogP contribution in [0.15, 0.2) is 60.5 Å². The van der Waals surface area contributed by atoms with Crippen LogP contribution in [0.4, 0.5) is 0 Å². The molecule has 21 heavy (non-hydrogen) atoms. The number of hydrogen-bond donors (Lipinski definition) is 0. The lowest BCUT2D eigenvalue weighted by molar-refractivity contribution is 1.70. The average molecular weight is 405 g/mol. The van der Waals surface area contributed by atoms with Crippen LogP contribution in [0.1, 0.15) is 13.8 Å². The van der Waals surface area contributed by atoms with Gasteiger partial charge in [0, 0.05) is 14.7 Å². The van der Waals surface area contributed by atoms with Crippen molar-refractivity contribution in [3.63, 3.8) is 0 Å². The second-order valence-electron chi connectivity index (χ2n) is 3.92. The molecule has 3 heterocycles. The van der Waals surface area contributed by atoms with E-state index in [1.165, 1.54) is 27.4 Å². The van der Waals surface area contributed by atoms with Crippen molar-refractivity contribution in [3.05, 3.63) is 60.5 Å². The Bertz CT molecular complexity index is 609. The smallest absolute Gasteiger partial charge is 0.0700 e. The molecule has 0 N–H and O–H groups in total. The van der Waals surface area contributed by atoms with Crippen LogP contribution in [0, 0.1) is 0 Å². The van der Waals surface area contributed by atoms with Crippen LogP contribution in [-0.4, -0.2) is 0 Å². The normalized spacial score (nSPS) is 24.3. The first kappa shape index (κ1) is 16.7. The lowest BCUT2D eigenvalue weighted by atomic mass is 10.6. The number of allylic oxidation sites excluding steroid dienone is 2. The third kappa shape index (κ3) is 4.25. The van der Waals surface area contributed by atoms with E-state index in [1.807, 2.05) is 82.3 Å². The van der Waals surface area contributed by atoms with Gasteiger partial charge in [-0.25, -0.2) is 0 Å². The zero-order valence-electron chi connectivity index (χ0n) is 11.3. The molecule has 0 atom stereocenters. The maximum absolute atomic E-state index is 2.29. The Hall–Kier alpha value is 0.890. The van der Waals surface area contributed by atoms with Crippen LogP contribution in [-0.2, 0) is 0 Å². The number of rotatable bonds is 3. The third-order valence-corrected chi connectivity index (χ3v) is 11.5. The number of hydrogen-bond acceptors (Lipinski definition) is 7. The summed E-state index contributed by atoms with van der Waals surface area (Å²) in [5, 5.41) is 11.1.